The number of hydrogen-bond acceptors (Lipinski definition) is 4. The van der Waals surface area contributed by atoms with E-state index in [1.807, 2.05) is 0 Å². The van der Waals surface area contributed by atoms with Crippen LogP contribution >= 0.6 is 0 Å². The van der Waals surface area contributed by atoms with Crippen LogP contribution in [0.2, 0.25) is 0 Å². The van der Waals surface area contributed by atoms with Gasteiger partial charge in [-0.05, 0) is 18.8 Å². The lowest BCUT2D eigenvalue weighted by Crippen LogP contribution is -2.29. The first kappa shape index (κ1) is 12.5. The van der Waals surface area contributed by atoms with Crippen LogP contribution in [0.3, 0.4) is 0 Å². The maximum Gasteiger partial charge on any atom is 0.306 e. The fraction of sp³-hybridized carbons (Fsp3) is 0.909. The lowest BCUT2D eigenvalue weighted by molar-refractivity contribution is -0.140. The zero-order chi connectivity index (χ0) is 11.1. The average molecular weight is 215 g/mol. The summed E-state index contributed by atoms with van der Waals surface area (Å²) in [6.07, 6.45) is 3.05. The van der Waals surface area contributed by atoms with E-state index in [-0.39, 0.29) is 5.97 Å². The minimum Gasteiger partial charge on any atom is -0.469 e. The molecule has 2 unspecified atom stereocenters. The van der Waals surface area contributed by atoms with Crippen LogP contribution in [0.4, 0.5) is 0 Å². The maximum absolute atomic E-state index is 10.8. The average Bonchev–Trinajstić information content (AvgIpc) is 2.71. The van der Waals surface area contributed by atoms with Crippen LogP contribution in [0, 0.1) is 5.92 Å². The summed E-state index contributed by atoms with van der Waals surface area (Å²) in [6, 6.07) is 0. The monoisotopic (exact) mass is 215 g/mol. The number of methoxy groups -OCH3 is 1. The number of carbonyl (C=O) groups is 1. The molecule has 1 rings (SSSR count). The van der Waals surface area contributed by atoms with Gasteiger partial charge < -0.3 is 14.8 Å². The normalized spacial score (nSPS) is 25.5. The third-order valence-corrected chi connectivity index (χ3v) is 2.89. The van der Waals surface area contributed by atoms with Gasteiger partial charge in [-0.15, -0.1) is 0 Å². The molecule has 0 aromatic rings. The molecule has 1 heterocycles. The Morgan fingerprint density at radius 2 is 2.40 bits per heavy atom. The van der Waals surface area contributed by atoms with Crippen LogP contribution in [0.1, 0.15) is 26.2 Å². The summed E-state index contributed by atoms with van der Waals surface area (Å²) < 4.78 is 10.1. The molecule has 1 N–H and O–H groups in total. The van der Waals surface area contributed by atoms with Crippen LogP contribution in [-0.2, 0) is 14.3 Å². The smallest absolute Gasteiger partial charge is 0.306 e. The second kappa shape index (κ2) is 6.80. The summed E-state index contributed by atoms with van der Waals surface area (Å²) in [7, 11) is 1.42. The molecule has 0 aromatic carbocycles. The summed E-state index contributed by atoms with van der Waals surface area (Å²) in [5, 5.41) is 3.28. The van der Waals surface area contributed by atoms with Crippen LogP contribution < -0.4 is 5.32 Å². The van der Waals surface area contributed by atoms with Crippen molar-refractivity contribution in [2.75, 3.05) is 26.8 Å². The fourth-order valence-corrected chi connectivity index (χ4v) is 1.96. The number of hydrogen-bond donors (Lipinski definition) is 1. The molecule has 4 nitrogen and oxygen atoms in total. The molecule has 0 radical (unpaired) electrons. The van der Waals surface area contributed by atoms with Crippen molar-refractivity contribution in [3.8, 4) is 0 Å². The van der Waals surface area contributed by atoms with Crippen LogP contribution in [0.5, 0.6) is 0 Å². The van der Waals surface area contributed by atoms with E-state index in [9.17, 15) is 4.79 Å². The van der Waals surface area contributed by atoms with Crippen LogP contribution in [0.15, 0.2) is 0 Å². The Balaban J connectivity index is 2.06. The minimum atomic E-state index is -0.155. The standard InChI is InChI=1S/C11H21NO3/c1-3-10-9(5-7-15-10)8-12-6-4-11(13)14-2/h9-10,12H,3-8H2,1-2H3. The van der Waals surface area contributed by atoms with E-state index in [1.54, 1.807) is 0 Å². The third-order valence-electron chi connectivity index (χ3n) is 2.89. The van der Waals surface area contributed by atoms with Crippen molar-refractivity contribution in [3.05, 3.63) is 0 Å². The van der Waals surface area contributed by atoms with E-state index in [1.165, 1.54) is 7.11 Å². The van der Waals surface area contributed by atoms with Gasteiger partial charge in [-0.25, -0.2) is 0 Å². The van der Waals surface area contributed by atoms with Crippen molar-refractivity contribution < 1.29 is 14.3 Å². The Labute approximate surface area is 91.3 Å². The molecule has 1 saturated heterocycles. The molecule has 0 aliphatic carbocycles. The number of rotatable bonds is 6. The second-order valence-electron chi connectivity index (χ2n) is 3.90. The largest absolute Gasteiger partial charge is 0.469 e. The molecule has 2 atom stereocenters. The lowest BCUT2D eigenvalue weighted by atomic mass is 10.00. The molecule has 0 spiro atoms. The predicted molar refractivity (Wildman–Crippen MR) is 57.6 cm³/mol. The Bertz CT molecular complexity index is 196. The molecule has 0 aromatic heterocycles. The third kappa shape index (κ3) is 4.18. The van der Waals surface area contributed by atoms with Crippen molar-refractivity contribution in [1.29, 1.82) is 0 Å². The van der Waals surface area contributed by atoms with Crippen LogP contribution in [-0.4, -0.2) is 38.9 Å². The second-order valence-corrected chi connectivity index (χ2v) is 3.90. The quantitative estimate of drug-likeness (QED) is 0.529. The number of ether oxygens (including phenoxy) is 2. The molecule has 88 valence electrons. The van der Waals surface area contributed by atoms with Crippen molar-refractivity contribution in [1.82, 2.24) is 5.32 Å². The Morgan fingerprint density at radius 1 is 1.60 bits per heavy atom. The van der Waals surface area contributed by atoms with E-state index in [4.69, 9.17) is 4.74 Å². The molecule has 0 bridgehead atoms. The van der Waals surface area contributed by atoms with Crippen molar-refractivity contribution >= 4 is 5.97 Å². The summed E-state index contributed by atoms with van der Waals surface area (Å²) >= 11 is 0. The summed E-state index contributed by atoms with van der Waals surface area (Å²) in [5.41, 5.74) is 0. The number of carbonyl (C=O) groups excluding carboxylic acids is 1. The van der Waals surface area contributed by atoms with Crippen molar-refractivity contribution in [2.45, 2.75) is 32.3 Å². The van der Waals surface area contributed by atoms with Crippen molar-refractivity contribution in [3.63, 3.8) is 0 Å². The van der Waals surface area contributed by atoms with Gasteiger partial charge in [0, 0.05) is 19.7 Å². The van der Waals surface area contributed by atoms with E-state index >= 15 is 0 Å². The molecular formula is C11H21NO3. The first-order valence-corrected chi connectivity index (χ1v) is 5.67. The Kier molecular flexibility index (Phi) is 5.65. The van der Waals surface area contributed by atoms with Gasteiger partial charge in [-0.1, -0.05) is 6.92 Å². The molecule has 15 heavy (non-hydrogen) atoms. The zero-order valence-electron chi connectivity index (χ0n) is 9.62. The van der Waals surface area contributed by atoms with Crippen molar-refractivity contribution in [2.24, 2.45) is 5.92 Å². The lowest BCUT2D eigenvalue weighted by Gasteiger charge is -2.16. The van der Waals surface area contributed by atoms with Gasteiger partial charge in [0.15, 0.2) is 0 Å². The number of esters is 1. The first-order valence-electron chi connectivity index (χ1n) is 5.67. The number of nitrogens with one attached hydrogen (secondary N) is 1. The van der Waals surface area contributed by atoms with Gasteiger partial charge in [-0.2, -0.15) is 0 Å². The van der Waals surface area contributed by atoms with Gasteiger partial charge in [0.25, 0.3) is 0 Å². The van der Waals surface area contributed by atoms with Gasteiger partial charge >= 0.3 is 5.97 Å². The topological polar surface area (TPSA) is 47.6 Å². The Morgan fingerprint density at radius 3 is 3.07 bits per heavy atom. The highest BCUT2D eigenvalue weighted by atomic mass is 16.5. The summed E-state index contributed by atoms with van der Waals surface area (Å²) in [4.78, 5) is 10.8. The molecular weight excluding hydrogens is 194 g/mol. The SMILES string of the molecule is CCC1OCCC1CNCCC(=O)OC. The minimum absolute atomic E-state index is 0.155. The van der Waals surface area contributed by atoms with Gasteiger partial charge in [0.05, 0.1) is 19.6 Å². The highest BCUT2D eigenvalue weighted by molar-refractivity contribution is 5.69. The summed E-state index contributed by atoms with van der Waals surface area (Å²) in [5.74, 6) is 0.449. The van der Waals surface area contributed by atoms with Crippen LogP contribution in [0.25, 0.3) is 0 Å². The maximum atomic E-state index is 10.8. The molecule has 1 aliphatic heterocycles. The van der Waals surface area contributed by atoms with E-state index < -0.39 is 0 Å². The van der Waals surface area contributed by atoms with Gasteiger partial charge in [0.1, 0.15) is 0 Å². The highest BCUT2D eigenvalue weighted by Gasteiger charge is 2.25. The van der Waals surface area contributed by atoms with Gasteiger partial charge in [-0.3, -0.25) is 4.79 Å². The highest BCUT2D eigenvalue weighted by Crippen LogP contribution is 2.22. The molecule has 1 fully saturated rings. The molecule has 0 amide bonds. The van der Waals surface area contributed by atoms with Gasteiger partial charge in [0.2, 0.25) is 0 Å². The zero-order valence-corrected chi connectivity index (χ0v) is 9.62. The van der Waals surface area contributed by atoms with E-state index in [0.29, 0.717) is 25.0 Å². The fourth-order valence-electron chi connectivity index (χ4n) is 1.96. The molecule has 4 heteroatoms. The van der Waals surface area contributed by atoms with E-state index in [0.717, 1.165) is 26.0 Å². The molecule has 0 saturated carbocycles. The molecule has 1 aliphatic rings. The predicted octanol–water partition coefficient (Wildman–Crippen LogP) is 0.954. The summed E-state index contributed by atoms with van der Waals surface area (Å²) in [6.45, 7) is 4.66. The van der Waals surface area contributed by atoms with E-state index in [2.05, 4.69) is 17.0 Å². The first-order chi connectivity index (χ1) is 7.27. The Hall–Kier alpha value is -0.610.